The van der Waals surface area contributed by atoms with Gasteiger partial charge in [0.05, 0.1) is 0 Å². The number of allylic oxidation sites excluding steroid dienone is 10. The van der Waals surface area contributed by atoms with Gasteiger partial charge in [0.25, 0.3) is 0 Å². The molecular weight excluding hydrogens is 544 g/mol. The summed E-state index contributed by atoms with van der Waals surface area (Å²) in [4.78, 5) is 24.2. The summed E-state index contributed by atoms with van der Waals surface area (Å²) in [5, 5.41) is 0. The average molecular weight is 593 g/mol. The number of fused-ring (bicyclic) bond motifs is 1. The monoisotopic (exact) mass is 592 g/mol. The molecule has 0 saturated carbocycles. The van der Waals surface area contributed by atoms with Gasteiger partial charge in [-0.05, 0) is 112 Å². The molecule has 0 fully saturated rings. The number of carbonyl (C=O) groups is 2. The van der Waals surface area contributed by atoms with Crippen molar-refractivity contribution in [3.8, 4) is 0 Å². The van der Waals surface area contributed by atoms with Crippen LogP contribution in [0.1, 0.15) is 89.5 Å². The van der Waals surface area contributed by atoms with Gasteiger partial charge >= 0.3 is 11.9 Å². The van der Waals surface area contributed by atoms with Gasteiger partial charge in [-0.2, -0.15) is 0 Å². The van der Waals surface area contributed by atoms with E-state index in [1.54, 1.807) is 25.0 Å². The minimum atomic E-state index is -0.396. The lowest BCUT2D eigenvalue weighted by Gasteiger charge is -2.24. The van der Waals surface area contributed by atoms with Gasteiger partial charge in [-0.1, -0.05) is 88.4 Å². The van der Waals surface area contributed by atoms with E-state index < -0.39 is 11.9 Å². The summed E-state index contributed by atoms with van der Waals surface area (Å²) in [6.07, 6.45) is 25.1. The first-order valence-corrected chi connectivity index (χ1v) is 15.8. The van der Waals surface area contributed by atoms with Crippen molar-refractivity contribution in [3.63, 3.8) is 0 Å². The molecule has 0 radical (unpaired) electrons. The lowest BCUT2D eigenvalue weighted by molar-refractivity contribution is -0.135. The fourth-order valence-electron chi connectivity index (χ4n) is 6.21. The topological polar surface area (TPSA) is 52.6 Å². The fourth-order valence-corrected chi connectivity index (χ4v) is 6.21. The molecule has 0 saturated heterocycles. The highest BCUT2D eigenvalue weighted by Gasteiger charge is 2.22. The molecule has 0 unspecified atom stereocenters. The molecule has 0 amide bonds. The highest BCUT2D eigenvalue weighted by Crippen LogP contribution is 2.34. The van der Waals surface area contributed by atoms with Gasteiger partial charge < -0.3 is 9.47 Å². The number of rotatable bonds is 10. The Hall–Kier alpha value is -3.92. The van der Waals surface area contributed by atoms with Gasteiger partial charge in [0, 0.05) is 22.0 Å². The number of hydrogen-bond donors (Lipinski definition) is 0. The van der Waals surface area contributed by atoms with Gasteiger partial charge in [-0.3, -0.25) is 0 Å². The van der Waals surface area contributed by atoms with E-state index in [0.717, 1.165) is 38.5 Å². The van der Waals surface area contributed by atoms with Crippen molar-refractivity contribution in [3.05, 3.63) is 130 Å². The van der Waals surface area contributed by atoms with Crippen LogP contribution in [0.15, 0.2) is 108 Å². The van der Waals surface area contributed by atoms with Gasteiger partial charge in [0.15, 0.2) is 0 Å². The van der Waals surface area contributed by atoms with Gasteiger partial charge in [-0.25, -0.2) is 9.59 Å². The lowest BCUT2D eigenvalue weighted by Crippen LogP contribution is -2.11. The molecule has 4 heteroatoms. The van der Waals surface area contributed by atoms with Crippen molar-refractivity contribution in [2.24, 2.45) is 10.8 Å². The van der Waals surface area contributed by atoms with Crippen molar-refractivity contribution >= 4 is 11.9 Å². The van der Waals surface area contributed by atoms with Gasteiger partial charge in [-0.15, -0.1) is 0 Å². The third kappa shape index (κ3) is 9.05. The Morgan fingerprint density at radius 2 is 1.02 bits per heavy atom. The molecule has 3 aliphatic carbocycles. The van der Waals surface area contributed by atoms with Gasteiger partial charge in [0.2, 0.25) is 0 Å². The zero-order chi connectivity index (χ0) is 32.1. The molecular formula is C40H48O4. The van der Waals surface area contributed by atoms with Crippen molar-refractivity contribution < 1.29 is 19.1 Å². The molecule has 0 aliphatic heterocycles. The zero-order valence-corrected chi connectivity index (χ0v) is 27.5. The Bertz CT molecular complexity index is 1420. The lowest BCUT2D eigenvalue weighted by atomic mass is 9.81. The van der Waals surface area contributed by atoms with Crippen LogP contribution < -0.4 is 0 Å². The first-order chi connectivity index (χ1) is 20.7. The van der Waals surface area contributed by atoms with Crippen molar-refractivity contribution in [1.82, 2.24) is 0 Å². The standard InChI is InChI=1S/C40H48O4/c1-27(2)37(41)43-33-21-15-29(23-39(5,6)25-33)13-17-31-19-20-32(36-12-10-9-11-35(31)36)18-14-30-16-22-34(26-40(7,8)24-30)44-38(42)28(3)4/h15-16,19-26H,1,3,9-14,17-18H2,2,4-8H3. The van der Waals surface area contributed by atoms with Crippen LogP contribution in [0.25, 0.3) is 0 Å². The molecule has 1 aromatic carbocycles. The molecule has 232 valence electrons. The van der Waals surface area contributed by atoms with E-state index in [-0.39, 0.29) is 10.8 Å². The number of esters is 2. The van der Waals surface area contributed by atoms with Gasteiger partial charge in [0.1, 0.15) is 11.5 Å². The Balaban J connectivity index is 1.46. The summed E-state index contributed by atoms with van der Waals surface area (Å²) in [6.45, 7) is 19.3. The molecule has 3 aliphatic rings. The number of aryl methyl sites for hydroxylation is 2. The molecule has 0 atom stereocenters. The summed E-state index contributed by atoms with van der Waals surface area (Å²) < 4.78 is 11.1. The molecule has 0 N–H and O–H groups in total. The third-order valence-electron chi connectivity index (χ3n) is 8.28. The van der Waals surface area contributed by atoms with Crippen molar-refractivity contribution in [1.29, 1.82) is 0 Å². The van der Waals surface area contributed by atoms with E-state index in [1.807, 2.05) is 24.3 Å². The van der Waals surface area contributed by atoms with Crippen LogP contribution in [-0.4, -0.2) is 11.9 Å². The van der Waals surface area contributed by atoms with E-state index >= 15 is 0 Å². The number of hydrogen-bond acceptors (Lipinski definition) is 4. The highest BCUT2D eigenvalue weighted by molar-refractivity contribution is 5.88. The zero-order valence-electron chi connectivity index (χ0n) is 27.5. The molecule has 4 rings (SSSR count). The van der Waals surface area contributed by atoms with E-state index in [9.17, 15) is 9.59 Å². The quantitative estimate of drug-likeness (QED) is 0.201. The maximum Gasteiger partial charge on any atom is 0.338 e. The minimum absolute atomic E-state index is 0.231. The Morgan fingerprint density at radius 3 is 1.39 bits per heavy atom. The van der Waals surface area contributed by atoms with E-state index in [2.05, 4.69) is 77.3 Å². The Morgan fingerprint density at radius 1 is 0.636 bits per heavy atom. The highest BCUT2D eigenvalue weighted by atomic mass is 16.5. The van der Waals surface area contributed by atoms with Crippen LogP contribution in [0.4, 0.5) is 0 Å². The molecule has 0 heterocycles. The summed E-state index contributed by atoms with van der Waals surface area (Å²) >= 11 is 0. The normalized spacial score (nSPS) is 18.4. The predicted molar refractivity (Wildman–Crippen MR) is 180 cm³/mol. The maximum atomic E-state index is 12.1. The van der Waals surface area contributed by atoms with Crippen LogP contribution in [0.3, 0.4) is 0 Å². The van der Waals surface area contributed by atoms with E-state index in [1.165, 1.54) is 35.1 Å². The van der Waals surface area contributed by atoms with Crippen LogP contribution in [0.2, 0.25) is 0 Å². The number of benzene rings is 1. The fraction of sp³-hybridized carbons (Fsp3) is 0.400. The second kappa shape index (κ2) is 13.8. The molecule has 44 heavy (non-hydrogen) atoms. The Labute approximate surface area is 264 Å². The van der Waals surface area contributed by atoms with Crippen LogP contribution in [0.5, 0.6) is 0 Å². The minimum Gasteiger partial charge on any atom is -0.424 e. The number of carbonyl (C=O) groups excluding carboxylic acids is 2. The van der Waals surface area contributed by atoms with Crippen LogP contribution in [-0.2, 0) is 44.7 Å². The summed E-state index contributed by atoms with van der Waals surface area (Å²) in [5.41, 5.74) is 8.80. The first-order valence-electron chi connectivity index (χ1n) is 15.8. The molecule has 0 aromatic heterocycles. The predicted octanol–water partition coefficient (Wildman–Crippen LogP) is 9.48. The largest absolute Gasteiger partial charge is 0.424 e. The number of ether oxygens (including phenoxy) is 2. The maximum absolute atomic E-state index is 12.1. The van der Waals surface area contributed by atoms with E-state index in [4.69, 9.17) is 9.47 Å². The molecule has 1 aromatic rings. The van der Waals surface area contributed by atoms with Crippen LogP contribution in [0, 0.1) is 10.8 Å². The second-order valence-corrected chi connectivity index (χ2v) is 13.7. The second-order valence-electron chi connectivity index (χ2n) is 13.7. The van der Waals surface area contributed by atoms with Crippen molar-refractivity contribution in [2.45, 2.75) is 92.9 Å². The smallest absolute Gasteiger partial charge is 0.338 e. The Kier molecular flexibility index (Phi) is 10.3. The molecule has 0 bridgehead atoms. The SMILES string of the molecule is C=C(C)C(=O)OC1=CC(C)(C)C=C(CCc2ccc(CCC3=CC(C)(C)C=C(OC(=O)C(=C)C)C=C3)c3c2CCCC3)C=C1. The summed E-state index contributed by atoms with van der Waals surface area (Å²) in [5.74, 6) is 0.343. The van der Waals surface area contributed by atoms with Crippen molar-refractivity contribution in [2.75, 3.05) is 0 Å². The van der Waals surface area contributed by atoms with Crippen LogP contribution >= 0.6 is 0 Å². The van der Waals surface area contributed by atoms with E-state index in [0.29, 0.717) is 22.7 Å². The third-order valence-corrected chi connectivity index (χ3v) is 8.28. The average Bonchev–Trinajstić information content (AvgIpc) is 3.19. The molecule has 4 nitrogen and oxygen atoms in total. The summed E-state index contributed by atoms with van der Waals surface area (Å²) in [7, 11) is 0. The molecule has 0 spiro atoms. The summed E-state index contributed by atoms with van der Waals surface area (Å²) in [6, 6.07) is 4.70. The first kappa shape index (κ1) is 33.0.